The van der Waals surface area contributed by atoms with E-state index in [4.69, 9.17) is 41.8 Å². The Labute approximate surface area is 253 Å². The summed E-state index contributed by atoms with van der Waals surface area (Å²) in [6, 6.07) is 12.6. The Balaban J connectivity index is 1.65. The van der Waals surface area contributed by atoms with Crippen LogP contribution in [-0.2, 0) is 14.3 Å². The van der Waals surface area contributed by atoms with Crippen molar-refractivity contribution >= 4 is 52.6 Å². The monoisotopic (exact) mass is 626 g/mol. The quantitative estimate of drug-likeness (QED) is 0.202. The van der Waals surface area contributed by atoms with Crippen molar-refractivity contribution in [2.75, 3.05) is 13.7 Å². The standard InChI is InChI=1S/C30H24Cl2N2O7S/c1-5-39-29(37)25-15(2)33-30-34(27(25)17-9-11-22(40-16(3)35)23(13-17)38-4)28(36)24(42-30)14-18-10-12-21(41-18)19-7-6-8-20(31)26(19)32/h6-14,27H,5H2,1-4H3/b24-14+. The number of furan rings is 1. The normalized spacial score (nSPS) is 14.8. The van der Waals surface area contributed by atoms with Crippen molar-refractivity contribution in [3.63, 3.8) is 0 Å². The minimum atomic E-state index is -0.889. The van der Waals surface area contributed by atoms with E-state index in [1.54, 1.807) is 68.5 Å². The summed E-state index contributed by atoms with van der Waals surface area (Å²) in [5.74, 6) is 0.237. The summed E-state index contributed by atoms with van der Waals surface area (Å²) >= 11 is 13.7. The molecule has 4 aromatic rings. The average molecular weight is 628 g/mol. The van der Waals surface area contributed by atoms with E-state index in [0.29, 0.717) is 47.7 Å². The summed E-state index contributed by atoms with van der Waals surface area (Å²) in [6.45, 7) is 4.80. The van der Waals surface area contributed by atoms with Gasteiger partial charge in [0.05, 0.1) is 45.6 Å². The van der Waals surface area contributed by atoms with E-state index in [1.165, 1.54) is 18.6 Å². The number of thiazole rings is 1. The van der Waals surface area contributed by atoms with Crippen molar-refractivity contribution in [3.05, 3.63) is 101 Å². The molecule has 0 saturated heterocycles. The zero-order valence-corrected chi connectivity index (χ0v) is 25.2. The summed E-state index contributed by atoms with van der Waals surface area (Å²) in [4.78, 5) is 43.6. The second-order valence-electron chi connectivity index (χ2n) is 9.11. The molecule has 3 heterocycles. The Morgan fingerprint density at radius 2 is 1.93 bits per heavy atom. The van der Waals surface area contributed by atoms with Gasteiger partial charge in [0.15, 0.2) is 16.3 Å². The Kier molecular flexibility index (Phi) is 8.40. The van der Waals surface area contributed by atoms with E-state index in [0.717, 1.165) is 11.3 Å². The SMILES string of the molecule is CCOC(=O)C1=C(C)N=c2s/c(=C/c3ccc(-c4cccc(Cl)c4Cl)o3)c(=O)n2C1c1ccc(OC(C)=O)c(OC)c1. The number of rotatable bonds is 7. The first-order valence-corrected chi connectivity index (χ1v) is 14.3. The molecule has 0 N–H and O–H groups in total. The van der Waals surface area contributed by atoms with Crippen molar-refractivity contribution in [1.29, 1.82) is 0 Å². The zero-order chi connectivity index (χ0) is 30.1. The molecule has 2 aromatic heterocycles. The van der Waals surface area contributed by atoms with Crippen LogP contribution in [0.15, 0.2) is 74.0 Å². The van der Waals surface area contributed by atoms with Gasteiger partial charge < -0.3 is 18.6 Å². The van der Waals surface area contributed by atoms with Crippen LogP contribution in [0, 0.1) is 0 Å². The van der Waals surface area contributed by atoms with E-state index in [9.17, 15) is 14.4 Å². The first kappa shape index (κ1) is 29.4. The molecule has 1 atom stereocenters. The van der Waals surface area contributed by atoms with Crippen molar-refractivity contribution in [2.24, 2.45) is 4.99 Å². The summed E-state index contributed by atoms with van der Waals surface area (Å²) in [6.07, 6.45) is 1.61. The minimum absolute atomic E-state index is 0.138. The molecule has 1 unspecified atom stereocenters. The van der Waals surface area contributed by atoms with Crippen molar-refractivity contribution in [2.45, 2.75) is 26.8 Å². The molecule has 216 valence electrons. The van der Waals surface area contributed by atoms with Crippen molar-refractivity contribution in [1.82, 2.24) is 4.57 Å². The second kappa shape index (κ2) is 12.0. The van der Waals surface area contributed by atoms with E-state index in [2.05, 4.69) is 4.99 Å². The number of ether oxygens (including phenoxy) is 3. The largest absolute Gasteiger partial charge is 0.493 e. The first-order chi connectivity index (χ1) is 20.1. The predicted octanol–water partition coefficient (Wildman–Crippen LogP) is 5.30. The van der Waals surface area contributed by atoms with Gasteiger partial charge in [0, 0.05) is 18.6 Å². The highest BCUT2D eigenvalue weighted by atomic mass is 35.5. The van der Waals surface area contributed by atoms with Crippen molar-refractivity contribution < 1.29 is 28.2 Å². The van der Waals surface area contributed by atoms with Gasteiger partial charge in [0.2, 0.25) is 0 Å². The van der Waals surface area contributed by atoms with Gasteiger partial charge in [-0.05, 0) is 55.8 Å². The van der Waals surface area contributed by atoms with Gasteiger partial charge in [-0.2, -0.15) is 0 Å². The van der Waals surface area contributed by atoms with Crippen molar-refractivity contribution in [3.8, 4) is 22.8 Å². The van der Waals surface area contributed by atoms with E-state index in [1.807, 2.05) is 0 Å². The van der Waals surface area contributed by atoms with Crippen LogP contribution in [0.2, 0.25) is 10.0 Å². The Bertz CT molecular complexity index is 1940. The lowest BCUT2D eigenvalue weighted by Crippen LogP contribution is -2.39. The van der Waals surface area contributed by atoms with Gasteiger partial charge in [-0.3, -0.25) is 14.2 Å². The van der Waals surface area contributed by atoms with Crippen LogP contribution < -0.4 is 24.4 Å². The number of carbonyl (C=O) groups excluding carboxylic acids is 2. The molecule has 2 aromatic carbocycles. The second-order valence-corrected chi connectivity index (χ2v) is 10.9. The third kappa shape index (κ3) is 5.53. The lowest BCUT2D eigenvalue weighted by atomic mass is 9.95. The minimum Gasteiger partial charge on any atom is -0.493 e. The Morgan fingerprint density at radius 1 is 1.14 bits per heavy atom. The number of hydrogen-bond acceptors (Lipinski definition) is 9. The van der Waals surface area contributed by atoms with Gasteiger partial charge in [0.25, 0.3) is 5.56 Å². The number of halogens is 2. The summed E-state index contributed by atoms with van der Waals surface area (Å²) in [5, 5.41) is 0.752. The van der Waals surface area contributed by atoms with Crippen LogP contribution in [0.5, 0.6) is 11.5 Å². The fourth-order valence-electron chi connectivity index (χ4n) is 4.60. The fraction of sp³-hybridized carbons (Fsp3) is 0.200. The number of aromatic nitrogens is 1. The highest BCUT2D eigenvalue weighted by Gasteiger charge is 2.34. The number of carbonyl (C=O) groups is 2. The number of esters is 2. The molecular weight excluding hydrogens is 603 g/mol. The maximum atomic E-state index is 13.9. The molecule has 0 amide bonds. The van der Waals surface area contributed by atoms with Gasteiger partial charge in [-0.25, -0.2) is 9.79 Å². The third-order valence-electron chi connectivity index (χ3n) is 6.39. The molecule has 0 fully saturated rings. The molecule has 42 heavy (non-hydrogen) atoms. The van der Waals surface area contributed by atoms with E-state index >= 15 is 0 Å². The number of fused-ring (bicyclic) bond motifs is 1. The predicted molar refractivity (Wildman–Crippen MR) is 159 cm³/mol. The number of methoxy groups -OCH3 is 1. The lowest BCUT2D eigenvalue weighted by Gasteiger charge is -2.25. The Morgan fingerprint density at radius 3 is 2.64 bits per heavy atom. The summed E-state index contributed by atoms with van der Waals surface area (Å²) in [7, 11) is 1.43. The Hall–Kier alpha value is -4.12. The van der Waals surface area contributed by atoms with Gasteiger partial charge in [-0.15, -0.1) is 0 Å². The smallest absolute Gasteiger partial charge is 0.338 e. The highest BCUT2D eigenvalue weighted by molar-refractivity contribution is 7.07. The molecule has 0 spiro atoms. The van der Waals surface area contributed by atoms with Gasteiger partial charge >= 0.3 is 11.9 Å². The van der Waals surface area contributed by atoms with Gasteiger partial charge in [0.1, 0.15) is 11.5 Å². The maximum Gasteiger partial charge on any atom is 0.338 e. The number of benzene rings is 2. The van der Waals surface area contributed by atoms with Crippen LogP contribution >= 0.6 is 34.5 Å². The molecule has 5 rings (SSSR count). The molecule has 12 heteroatoms. The third-order valence-corrected chi connectivity index (χ3v) is 8.19. The molecular formula is C30H24Cl2N2O7S. The molecule has 1 aliphatic heterocycles. The van der Waals surface area contributed by atoms with Crippen LogP contribution in [0.25, 0.3) is 17.4 Å². The maximum absolute atomic E-state index is 13.9. The van der Waals surface area contributed by atoms with Crippen LogP contribution in [0.3, 0.4) is 0 Å². The highest BCUT2D eigenvalue weighted by Crippen LogP contribution is 2.37. The van der Waals surface area contributed by atoms with E-state index < -0.39 is 18.0 Å². The van der Waals surface area contributed by atoms with Crippen LogP contribution in [-0.4, -0.2) is 30.2 Å². The number of hydrogen-bond donors (Lipinski definition) is 0. The van der Waals surface area contributed by atoms with E-state index in [-0.39, 0.29) is 29.2 Å². The first-order valence-electron chi connectivity index (χ1n) is 12.7. The molecule has 0 saturated carbocycles. The van der Waals surface area contributed by atoms with Crippen LogP contribution in [0.4, 0.5) is 0 Å². The number of allylic oxidation sites excluding steroid dienone is 1. The topological polar surface area (TPSA) is 109 Å². The summed E-state index contributed by atoms with van der Waals surface area (Å²) < 4.78 is 23.8. The lowest BCUT2D eigenvalue weighted by molar-refractivity contribution is -0.139. The fourth-order valence-corrected chi connectivity index (χ4v) is 6.02. The molecule has 9 nitrogen and oxygen atoms in total. The molecule has 0 bridgehead atoms. The molecule has 0 aliphatic carbocycles. The van der Waals surface area contributed by atoms with Crippen LogP contribution in [0.1, 0.15) is 38.1 Å². The molecule has 0 radical (unpaired) electrons. The number of nitrogens with zero attached hydrogens (tertiary/aromatic N) is 2. The average Bonchev–Trinajstić information content (AvgIpc) is 3.53. The summed E-state index contributed by atoms with van der Waals surface area (Å²) in [5.41, 5.74) is 1.37. The zero-order valence-electron chi connectivity index (χ0n) is 22.9. The van der Waals surface area contributed by atoms with Gasteiger partial charge in [-0.1, -0.05) is 46.7 Å². The molecule has 1 aliphatic rings.